The summed E-state index contributed by atoms with van der Waals surface area (Å²) in [5, 5.41) is 51.5. The molecule has 0 rings (SSSR count). The van der Waals surface area contributed by atoms with E-state index in [4.69, 9.17) is 31.6 Å². The summed E-state index contributed by atoms with van der Waals surface area (Å²) in [6, 6.07) is 0. The van der Waals surface area contributed by atoms with Crippen molar-refractivity contribution in [3.05, 3.63) is 0 Å². The number of nitriles is 6. The van der Waals surface area contributed by atoms with Gasteiger partial charge in [-0.25, -0.2) is 0 Å². The molecule has 0 bridgehead atoms. The van der Waals surface area contributed by atoms with Gasteiger partial charge in [0.15, 0.2) is 0 Å². The van der Waals surface area contributed by atoms with Crippen molar-refractivity contribution in [1.29, 1.82) is 31.6 Å². The quantitative estimate of drug-likeness (QED) is 0.389. The first-order chi connectivity index (χ1) is 5.97. The summed E-state index contributed by atoms with van der Waals surface area (Å²) in [4.78, 5) is 6.25. The van der Waals surface area contributed by atoms with Crippen LogP contribution in [0.2, 0.25) is 0 Å². The number of rotatable bonds is 0. The van der Waals surface area contributed by atoms with E-state index in [0.717, 1.165) is 29.8 Å². The van der Waals surface area contributed by atoms with Crippen LogP contribution in [0.3, 0.4) is 0 Å². The summed E-state index contributed by atoms with van der Waals surface area (Å²) >= 11 is 0. The van der Waals surface area contributed by atoms with Crippen molar-refractivity contribution < 1.29 is 216 Å². The third kappa shape index (κ3) is 5.61. The van der Waals surface area contributed by atoms with Crippen LogP contribution in [0.1, 0.15) is 0 Å². The van der Waals surface area contributed by atoms with Crippen LogP contribution in [0.15, 0.2) is 0 Å². The fourth-order valence-corrected chi connectivity index (χ4v) is 1.17. The van der Waals surface area contributed by atoms with E-state index in [1.807, 2.05) is 0 Å². The van der Waals surface area contributed by atoms with Crippen molar-refractivity contribution in [1.82, 2.24) is 0 Å². The Balaban J connectivity index is -0.000000120. The van der Waals surface area contributed by atoms with Crippen LogP contribution < -0.4 is 206 Å². The van der Waals surface area contributed by atoms with Gasteiger partial charge in [-0.05, 0) is 0 Å². The van der Waals surface area contributed by atoms with Crippen molar-refractivity contribution >= 4 is 0 Å². The fourth-order valence-electron chi connectivity index (χ4n) is 0.283. The Morgan fingerprint density at radius 1 is 0.412 bits per heavy atom. The Labute approximate surface area is 268 Å². The van der Waals surface area contributed by atoms with Crippen molar-refractivity contribution in [3.8, 4) is 29.8 Å². The smallest absolute Gasteiger partial charge is 1.00 e. The fraction of sp³-hybridized carbons (Fsp3) is 0. The maximum atomic E-state index is 8.58. The molecule has 65 valence electrons. The van der Waals surface area contributed by atoms with Gasteiger partial charge in [0, 0.05) is 0 Å². The second kappa shape index (κ2) is 11.6. The molecule has 0 spiro atoms. The Bertz CT molecular complexity index is 400. The van der Waals surface area contributed by atoms with Gasteiger partial charge in [-0.15, -0.1) is 0 Å². The standard InChI is InChI=1S/6CN.4K.Mn/c6*1-2;;;;;/q;;;;;;4*+1;-4. The molecule has 0 saturated carbocycles. The van der Waals surface area contributed by atoms with E-state index in [0.29, 0.717) is 0 Å². The summed E-state index contributed by atoms with van der Waals surface area (Å²) in [5.74, 6) is 0. The minimum atomic E-state index is -6.30. The van der Waals surface area contributed by atoms with Crippen LogP contribution in [-0.2, 0) is 10.7 Å². The second-order valence-electron chi connectivity index (χ2n) is 1.92. The Morgan fingerprint density at radius 2 is 0.529 bits per heavy atom. The molecular weight excluding hydrogens is 367 g/mol. The summed E-state index contributed by atoms with van der Waals surface area (Å²) in [6.07, 6.45) is 0. The van der Waals surface area contributed by atoms with Gasteiger partial charge in [-0.3, -0.25) is 0 Å². The zero-order chi connectivity index (χ0) is 10.7. The molecule has 0 fully saturated rings. The molecule has 0 saturated heterocycles. The molecule has 0 aromatic rings. The molecule has 0 amide bonds. The van der Waals surface area contributed by atoms with Crippen molar-refractivity contribution in [2.75, 3.05) is 0 Å². The average molecular weight is 367 g/mol. The Kier molecular flexibility index (Phi) is 22.3. The number of hydrogen-bond donors (Lipinski definition) is 0. The molecular formula is C6K4MnN6. The Morgan fingerprint density at radius 3 is 0.529 bits per heavy atom. The van der Waals surface area contributed by atoms with E-state index in [2.05, 4.69) is 0 Å². The van der Waals surface area contributed by atoms with Crippen molar-refractivity contribution in [2.45, 2.75) is 0 Å². The second-order valence-corrected chi connectivity index (χ2v) is 7.93. The summed E-state index contributed by atoms with van der Waals surface area (Å²) in [6.45, 7) is 0. The summed E-state index contributed by atoms with van der Waals surface area (Å²) < 4.78 is 0. The van der Waals surface area contributed by atoms with E-state index in [-0.39, 0.29) is 206 Å². The van der Waals surface area contributed by atoms with Crippen LogP contribution in [0.4, 0.5) is 0 Å². The largest absolute Gasteiger partial charge is 1.00 e. The first-order valence-corrected chi connectivity index (χ1v) is 6.02. The molecule has 0 aliphatic carbocycles. The van der Waals surface area contributed by atoms with Crippen LogP contribution in [0.25, 0.3) is 0 Å². The maximum absolute atomic E-state index is 8.58. The normalized spacial score (nSPS) is 10.2. The van der Waals surface area contributed by atoms with Crippen molar-refractivity contribution in [3.63, 3.8) is 0 Å². The zero-order valence-electron chi connectivity index (χ0n) is 10.1. The van der Waals surface area contributed by atoms with Gasteiger partial charge in [0.2, 0.25) is 0 Å². The molecule has 0 heterocycles. The van der Waals surface area contributed by atoms with Gasteiger partial charge in [-0.2, -0.15) is 0 Å². The van der Waals surface area contributed by atoms with Gasteiger partial charge < -0.3 is 0 Å². The van der Waals surface area contributed by atoms with Crippen LogP contribution in [-0.4, -0.2) is 0 Å². The molecule has 17 heavy (non-hydrogen) atoms. The third-order valence-corrected chi connectivity index (χ3v) is 5.23. The van der Waals surface area contributed by atoms with Crippen molar-refractivity contribution in [2.24, 2.45) is 0 Å². The van der Waals surface area contributed by atoms with E-state index >= 15 is 0 Å². The van der Waals surface area contributed by atoms with Crippen LogP contribution in [0.5, 0.6) is 0 Å². The minimum Gasteiger partial charge on any atom is 1.00 e. The van der Waals surface area contributed by atoms with Gasteiger partial charge in [0.1, 0.15) is 0 Å². The molecule has 0 aliphatic rings. The van der Waals surface area contributed by atoms with E-state index in [9.17, 15) is 0 Å². The summed E-state index contributed by atoms with van der Waals surface area (Å²) in [5.41, 5.74) is 0. The van der Waals surface area contributed by atoms with Gasteiger partial charge in [0.05, 0.1) is 0 Å². The third-order valence-electron chi connectivity index (χ3n) is 1.27. The Hall–Kier alpha value is 4.00. The SMILES string of the molecule is N#[C][Mn-4]([C]#N)([C]#N)([C]#N)([C]#N)[C]#N.[K+].[K+].[K+].[K+]. The minimum absolute atomic E-state index is 0. The average Bonchev–Trinajstić information content (AvgIpc) is 2.26. The van der Waals surface area contributed by atoms with E-state index < -0.39 is 10.7 Å². The molecule has 0 atom stereocenters. The van der Waals surface area contributed by atoms with Gasteiger partial charge in [0.25, 0.3) is 0 Å². The molecule has 0 aromatic heterocycles. The van der Waals surface area contributed by atoms with Crippen LogP contribution >= 0.6 is 0 Å². The van der Waals surface area contributed by atoms with Gasteiger partial charge >= 0.3 is 278 Å². The van der Waals surface area contributed by atoms with Crippen LogP contribution in [0, 0.1) is 61.4 Å². The first kappa shape index (κ1) is 32.8. The monoisotopic (exact) mass is 367 g/mol. The molecule has 0 unspecified atom stereocenters. The van der Waals surface area contributed by atoms with E-state index in [1.54, 1.807) is 0 Å². The molecule has 0 aromatic carbocycles. The number of hydrogen-bond acceptors (Lipinski definition) is 6. The summed E-state index contributed by atoms with van der Waals surface area (Å²) in [7, 11) is -6.30. The number of nitrogens with zero attached hydrogens (tertiary/aromatic N) is 6. The predicted molar refractivity (Wildman–Crippen MR) is 33.7 cm³/mol. The molecule has 6 nitrogen and oxygen atoms in total. The molecule has 0 radical (unpaired) electrons. The topological polar surface area (TPSA) is 143 Å². The van der Waals surface area contributed by atoms with Gasteiger partial charge in [-0.1, -0.05) is 0 Å². The first-order valence-electron chi connectivity index (χ1n) is 2.48. The maximum Gasteiger partial charge on any atom is 1.00 e. The molecule has 11 heteroatoms. The molecule has 0 aliphatic heterocycles. The zero-order valence-corrected chi connectivity index (χ0v) is 23.7. The van der Waals surface area contributed by atoms with E-state index in [1.165, 1.54) is 0 Å². The predicted octanol–water partition coefficient (Wildman–Crippen LogP) is -11.9. The molecule has 0 N–H and O–H groups in total.